The molecule has 28 heavy (non-hydrogen) atoms. The molecule has 4 nitrogen and oxygen atoms in total. The Balaban J connectivity index is 1.54. The fourth-order valence-corrected chi connectivity index (χ4v) is 4.23. The number of methoxy groups -OCH3 is 1. The van der Waals surface area contributed by atoms with Gasteiger partial charge in [0.15, 0.2) is 5.82 Å². The van der Waals surface area contributed by atoms with Crippen molar-refractivity contribution < 1.29 is 4.74 Å². The first-order chi connectivity index (χ1) is 13.8. The van der Waals surface area contributed by atoms with Crippen LogP contribution in [-0.4, -0.2) is 22.1 Å². The predicted molar refractivity (Wildman–Crippen MR) is 114 cm³/mol. The van der Waals surface area contributed by atoms with Crippen molar-refractivity contribution in [2.24, 2.45) is 0 Å². The molecule has 0 fully saturated rings. The molecule has 136 valence electrons. The lowest BCUT2D eigenvalue weighted by atomic mass is 10.0. The first-order valence-corrected chi connectivity index (χ1v) is 9.89. The minimum atomic E-state index is 0.716. The van der Waals surface area contributed by atoms with Gasteiger partial charge >= 0.3 is 0 Å². The molecule has 0 aliphatic rings. The summed E-state index contributed by atoms with van der Waals surface area (Å²) in [5.74, 6) is 1.52. The Morgan fingerprint density at radius 1 is 1.00 bits per heavy atom. The van der Waals surface area contributed by atoms with Crippen LogP contribution in [-0.2, 0) is 6.42 Å². The van der Waals surface area contributed by atoms with Crippen molar-refractivity contribution >= 4 is 32.5 Å². The molecule has 0 bridgehead atoms. The normalized spacial score (nSPS) is 11.2. The lowest BCUT2D eigenvalue weighted by molar-refractivity contribution is 0.415. The van der Waals surface area contributed by atoms with Crippen LogP contribution in [0.5, 0.6) is 5.75 Å². The summed E-state index contributed by atoms with van der Waals surface area (Å²) in [5, 5.41) is 3.34. The monoisotopic (exact) mass is 383 g/mol. The molecular formula is C23H17N3OS. The quantitative estimate of drug-likeness (QED) is 0.411. The molecule has 5 heteroatoms. The number of rotatable bonds is 4. The Morgan fingerprint density at radius 2 is 1.96 bits per heavy atom. The molecule has 0 spiro atoms. The van der Waals surface area contributed by atoms with Crippen molar-refractivity contribution in [3.05, 3.63) is 83.5 Å². The molecule has 3 aromatic heterocycles. The molecule has 5 aromatic rings. The summed E-state index contributed by atoms with van der Waals surface area (Å²) in [6.07, 6.45) is 4.57. The Hall–Kier alpha value is -3.31. The number of hydrogen-bond acceptors (Lipinski definition) is 5. The Bertz CT molecular complexity index is 1300. The number of thiophene rings is 1. The van der Waals surface area contributed by atoms with E-state index in [2.05, 4.69) is 39.6 Å². The van der Waals surface area contributed by atoms with E-state index in [1.807, 2.05) is 42.7 Å². The summed E-state index contributed by atoms with van der Waals surface area (Å²) >= 11 is 1.69. The number of fused-ring (bicyclic) bond motifs is 2. The summed E-state index contributed by atoms with van der Waals surface area (Å²) in [6.45, 7) is 0. The minimum Gasteiger partial charge on any atom is -0.497 e. The van der Waals surface area contributed by atoms with Crippen LogP contribution in [0.3, 0.4) is 0 Å². The second-order valence-corrected chi connectivity index (χ2v) is 7.52. The van der Waals surface area contributed by atoms with Gasteiger partial charge in [0.05, 0.1) is 22.8 Å². The highest BCUT2D eigenvalue weighted by atomic mass is 32.1. The van der Waals surface area contributed by atoms with E-state index in [0.29, 0.717) is 5.82 Å². The lowest BCUT2D eigenvalue weighted by Crippen LogP contribution is -1.93. The highest BCUT2D eigenvalue weighted by Crippen LogP contribution is 2.29. The van der Waals surface area contributed by atoms with Crippen LogP contribution in [0.15, 0.2) is 72.4 Å². The molecular weight excluding hydrogens is 366 g/mol. The Labute approximate surface area is 166 Å². The van der Waals surface area contributed by atoms with Crippen LogP contribution in [0.1, 0.15) is 11.1 Å². The molecule has 0 saturated carbocycles. The van der Waals surface area contributed by atoms with E-state index in [1.165, 1.54) is 11.1 Å². The number of aromatic nitrogens is 3. The first kappa shape index (κ1) is 16.8. The molecule has 0 aliphatic carbocycles. The zero-order valence-electron chi connectivity index (χ0n) is 15.3. The third-order valence-corrected chi connectivity index (χ3v) is 5.73. The summed E-state index contributed by atoms with van der Waals surface area (Å²) in [6, 6.07) is 18.3. The van der Waals surface area contributed by atoms with E-state index in [1.54, 1.807) is 18.4 Å². The summed E-state index contributed by atoms with van der Waals surface area (Å²) in [7, 11) is 1.67. The van der Waals surface area contributed by atoms with Crippen molar-refractivity contribution in [1.29, 1.82) is 0 Å². The second-order valence-electron chi connectivity index (χ2n) is 6.61. The average Bonchev–Trinajstić information content (AvgIpc) is 3.15. The number of benzene rings is 2. The van der Waals surface area contributed by atoms with Gasteiger partial charge in [0.25, 0.3) is 0 Å². The van der Waals surface area contributed by atoms with Gasteiger partial charge in [-0.3, -0.25) is 4.98 Å². The van der Waals surface area contributed by atoms with Gasteiger partial charge in [-0.05, 0) is 46.8 Å². The van der Waals surface area contributed by atoms with Crippen LogP contribution in [0.2, 0.25) is 0 Å². The molecule has 0 atom stereocenters. The van der Waals surface area contributed by atoms with Gasteiger partial charge in [0.1, 0.15) is 5.75 Å². The van der Waals surface area contributed by atoms with E-state index in [4.69, 9.17) is 9.72 Å². The largest absolute Gasteiger partial charge is 0.497 e. The van der Waals surface area contributed by atoms with Gasteiger partial charge < -0.3 is 4.74 Å². The van der Waals surface area contributed by atoms with Crippen molar-refractivity contribution in [3.63, 3.8) is 0 Å². The second kappa shape index (κ2) is 7.02. The maximum Gasteiger partial charge on any atom is 0.159 e. The number of pyridine rings is 1. The smallest absolute Gasteiger partial charge is 0.159 e. The molecule has 0 radical (unpaired) electrons. The SMILES string of the molecule is COc1cccc(-c2ncc3scc(Cc4ccc5ncccc5c4)c3n2)c1. The highest BCUT2D eigenvalue weighted by molar-refractivity contribution is 7.17. The van der Waals surface area contributed by atoms with Crippen molar-refractivity contribution in [1.82, 2.24) is 15.0 Å². The van der Waals surface area contributed by atoms with Gasteiger partial charge in [0.2, 0.25) is 0 Å². The van der Waals surface area contributed by atoms with Crippen LogP contribution < -0.4 is 4.74 Å². The molecule has 0 N–H and O–H groups in total. The van der Waals surface area contributed by atoms with E-state index in [-0.39, 0.29) is 0 Å². The van der Waals surface area contributed by atoms with Gasteiger partial charge in [-0.1, -0.05) is 24.3 Å². The zero-order valence-corrected chi connectivity index (χ0v) is 16.1. The average molecular weight is 383 g/mol. The summed E-state index contributed by atoms with van der Waals surface area (Å²) < 4.78 is 6.43. The zero-order chi connectivity index (χ0) is 18.9. The first-order valence-electron chi connectivity index (χ1n) is 9.01. The highest BCUT2D eigenvalue weighted by Gasteiger charge is 2.11. The molecule has 0 amide bonds. The van der Waals surface area contributed by atoms with Gasteiger partial charge in [0, 0.05) is 29.8 Å². The summed E-state index contributed by atoms with van der Waals surface area (Å²) in [4.78, 5) is 13.8. The predicted octanol–water partition coefficient (Wildman–Crippen LogP) is 5.51. The van der Waals surface area contributed by atoms with E-state index >= 15 is 0 Å². The van der Waals surface area contributed by atoms with Crippen molar-refractivity contribution in [2.75, 3.05) is 7.11 Å². The maximum absolute atomic E-state index is 5.33. The van der Waals surface area contributed by atoms with Gasteiger partial charge in [-0.15, -0.1) is 11.3 Å². The van der Waals surface area contributed by atoms with Crippen LogP contribution in [0.4, 0.5) is 0 Å². The molecule has 0 aliphatic heterocycles. The Kier molecular flexibility index (Phi) is 4.22. The topological polar surface area (TPSA) is 47.9 Å². The van der Waals surface area contributed by atoms with E-state index in [9.17, 15) is 0 Å². The van der Waals surface area contributed by atoms with Crippen molar-refractivity contribution in [3.8, 4) is 17.1 Å². The van der Waals surface area contributed by atoms with Gasteiger partial charge in [-0.25, -0.2) is 9.97 Å². The standard InChI is InChI=1S/C23H17N3OS/c1-27-19-6-2-4-17(12-19)23-25-13-21-22(26-23)18(14-28-21)11-15-7-8-20-16(10-15)5-3-9-24-20/h2-10,12-14H,11H2,1H3. The molecule has 0 unspecified atom stereocenters. The molecule has 2 aromatic carbocycles. The number of hydrogen-bond donors (Lipinski definition) is 0. The number of ether oxygens (including phenoxy) is 1. The van der Waals surface area contributed by atoms with E-state index < -0.39 is 0 Å². The fraction of sp³-hybridized carbons (Fsp3) is 0.0870. The van der Waals surface area contributed by atoms with Crippen LogP contribution in [0, 0.1) is 0 Å². The van der Waals surface area contributed by atoms with Crippen LogP contribution in [0.25, 0.3) is 32.5 Å². The summed E-state index contributed by atoms with van der Waals surface area (Å²) in [5.41, 5.74) is 5.46. The molecule has 5 rings (SSSR count). The Morgan fingerprint density at radius 3 is 2.89 bits per heavy atom. The van der Waals surface area contributed by atoms with Crippen LogP contribution >= 0.6 is 11.3 Å². The van der Waals surface area contributed by atoms with E-state index in [0.717, 1.165) is 38.9 Å². The minimum absolute atomic E-state index is 0.716. The number of nitrogens with zero attached hydrogens (tertiary/aromatic N) is 3. The maximum atomic E-state index is 5.33. The lowest BCUT2D eigenvalue weighted by Gasteiger charge is -2.05. The van der Waals surface area contributed by atoms with Crippen molar-refractivity contribution in [2.45, 2.75) is 6.42 Å². The third kappa shape index (κ3) is 3.10. The molecule has 0 saturated heterocycles. The fourth-order valence-electron chi connectivity index (χ4n) is 3.36. The van der Waals surface area contributed by atoms with Gasteiger partial charge in [-0.2, -0.15) is 0 Å². The molecule has 3 heterocycles. The third-order valence-electron chi connectivity index (χ3n) is 4.78.